The van der Waals surface area contributed by atoms with Crippen molar-refractivity contribution < 1.29 is 9.84 Å². The Balaban J connectivity index is 2.23. The van der Waals surface area contributed by atoms with E-state index < -0.39 is 6.10 Å². The van der Waals surface area contributed by atoms with Crippen LogP contribution in [0.2, 0.25) is 10.0 Å². The highest BCUT2D eigenvalue weighted by Gasteiger charge is 2.15. The maximum absolute atomic E-state index is 10.2. The zero-order valence-corrected chi connectivity index (χ0v) is 11.8. The smallest absolute Gasteiger partial charge is 0.213 e. The number of pyridine rings is 1. The Kier molecular flexibility index (Phi) is 4.64. The van der Waals surface area contributed by atoms with E-state index in [4.69, 9.17) is 27.9 Å². The highest BCUT2D eigenvalue weighted by atomic mass is 35.5. The van der Waals surface area contributed by atoms with Crippen LogP contribution in [0, 0.1) is 0 Å². The van der Waals surface area contributed by atoms with E-state index in [9.17, 15) is 5.11 Å². The standard InChI is InChI=1S/C14H13Cl2NO2/c1-19-14-7-3-6-12(17-14)13(18)8-9-10(15)4-2-5-11(9)16/h2-7,13,18H,8H2,1H3. The summed E-state index contributed by atoms with van der Waals surface area (Å²) < 4.78 is 5.03. The Morgan fingerprint density at radius 1 is 1.16 bits per heavy atom. The van der Waals surface area contributed by atoms with Crippen LogP contribution in [0.1, 0.15) is 17.4 Å². The fourth-order valence-electron chi connectivity index (χ4n) is 1.76. The topological polar surface area (TPSA) is 42.4 Å². The molecule has 0 aliphatic heterocycles. The van der Waals surface area contributed by atoms with Crippen molar-refractivity contribution in [3.63, 3.8) is 0 Å². The molecule has 0 bridgehead atoms. The van der Waals surface area contributed by atoms with Gasteiger partial charge in [-0.25, -0.2) is 4.98 Å². The highest BCUT2D eigenvalue weighted by molar-refractivity contribution is 6.35. The van der Waals surface area contributed by atoms with Crippen LogP contribution < -0.4 is 4.74 Å². The van der Waals surface area contributed by atoms with Gasteiger partial charge in [0.25, 0.3) is 0 Å². The average Bonchev–Trinajstić information content (AvgIpc) is 2.43. The minimum Gasteiger partial charge on any atom is -0.481 e. The van der Waals surface area contributed by atoms with Crippen LogP contribution in [-0.2, 0) is 6.42 Å². The first kappa shape index (κ1) is 14.1. The molecule has 1 atom stereocenters. The SMILES string of the molecule is COc1cccc(C(O)Cc2c(Cl)cccc2Cl)n1. The van der Waals surface area contributed by atoms with Gasteiger partial charge < -0.3 is 9.84 Å². The second-order valence-electron chi connectivity index (χ2n) is 4.02. The molecule has 0 radical (unpaired) electrons. The zero-order valence-electron chi connectivity index (χ0n) is 10.3. The third-order valence-electron chi connectivity index (χ3n) is 2.75. The van der Waals surface area contributed by atoms with Crippen LogP contribution in [0.4, 0.5) is 0 Å². The lowest BCUT2D eigenvalue weighted by atomic mass is 10.1. The number of methoxy groups -OCH3 is 1. The number of hydrogen-bond acceptors (Lipinski definition) is 3. The molecular formula is C14H13Cl2NO2. The number of benzene rings is 1. The molecule has 5 heteroatoms. The van der Waals surface area contributed by atoms with Gasteiger partial charge in [0, 0.05) is 22.5 Å². The largest absolute Gasteiger partial charge is 0.481 e. The van der Waals surface area contributed by atoms with Crippen LogP contribution in [0.5, 0.6) is 5.88 Å². The van der Waals surface area contributed by atoms with Crippen molar-refractivity contribution in [2.75, 3.05) is 7.11 Å². The fourth-order valence-corrected chi connectivity index (χ4v) is 2.31. The first-order chi connectivity index (χ1) is 9.11. The summed E-state index contributed by atoms with van der Waals surface area (Å²) in [4.78, 5) is 4.19. The summed E-state index contributed by atoms with van der Waals surface area (Å²) >= 11 is 12.2. The summed E-state index contributed by atoms with van der Waals surface area (Å²) in [7, 11) is 1.53. The lowest BCUT2D eigenvalue weighted by Gasteiger charge is -2.13. The molecule has 1 unspecified atom stereocenters. The Labute approximate surface area is 121 Å². The third kappa shape index (κ3) is 3.38. The number of halogens is 2. The van der Waals surface area contributed by atoms with E-state index in [0.717, 1.165) is 0 Å². The van der Waals surface area contributed by atoms with Gasteiger partial charge in [0.2, 0.25) is 5.88 Å². The molecule has 0 spiro atoms. The van der Waals surface area contributed by atoms with E-state index in [2.05, 4.69) is 4.98 Å². The quantitative estimate of drug-likeness (QED) is 0.936. The molecular weight excluding hydrogens is 285 g/mol. The molecule has 1 heterocycles. The molecule has 100 valence electrons. The van der Waals surface area contributed by atoms with Gasteiger partial charge in [0.1, 0.15) is 6.10 Å². The van der Waals surface area contributed by atoms with Gasteiger partial charge in [0.15, 0.2) is 0 Å². The van der Waals surface area contributed by atoms with Crippen molar-refractivity contribution in [2.24, 2.45) is 0 Å². The fraction of sp³-hybridized carbons (Fsp3) is 0.214. The average molecular weight is 298 g/mol. The van der Waals surface area contributed by atoms with Crippen LogP contribution in [-0.4, -0.2) is 17.2 Å². The molecule has 1 aromatic carbocycles. The van der Waals surface area contributed by atoms with Crippen LogP contribution in [0.3, 0.4) is 0 Å². The molecule has 2 aromatic rings. The van der Waals surface area contributed by atoms with Gasteiger partial charge in [-0.3, -0.25) is 0 Å². The number of nitrogens with zero attached hydrogens (tertiary/aromatic N) is 1. The van der Waals surface area contributed by atoms with E-state index >= 15 is 0 Å². The van der Waals surface area contributed by atoms with Gasteiger partial charge in [-0.2, -0.15) is 0 Å². The number of aromatic nitrogens is 1. The van der Waals surface area contributed by atoms with Crippen LogP contribution >= 0.6 is 23.2 Å². The van der Waals surface area contributed by atoms with Crippen LogP contribution in [0.25, 0.3) is 0 Å². The minimum absolute atomic E-state index is 0.304. The summed E-state index contributed by atoms with van der Waals surface area (Å²) in [6.07, 6.45) is -0.480. The number of aliphatic hydroxyl groups is 1. The van der Waals surface area contributed by atoms with E-state index in [1.807, 2.05) is 0 Å². The molecule has 0 saturated heterocycles. The van der Waals surface area contributed by atoms with Gasteiger partial charge >= 0.3 is 0 Å². The summed E-state index contributed by atoms with van der Waals surface area (Å²) in [5.74, 6) is 0.460. The van der Waals surface area contributed by atoms with Crippen molar-refractivity contribution in [1.29, 1.82) is 0 Å². The molecule has 1 aromatic heterocycles. The van der Waals surface area contributed by atoms with Crippen molar-refractivity contribution in [2.45, 2.75) is 12.5 Å². The Hall–Kier alpha value is -1.29. The molecule has 0 saturated carbocycles. The number of hydrogen-bond donors (Lipinski definition) is 1. The zero-order chi connectivity index (χ0) is 13.8. The molecule has 0 fully saturated rings. The van der Waals surface area contributed by atoms with Crippen molar-refractivity contribution in [3.8, 4) is 5.88 Å². The Morgan fingerprint density at radius 3 is 2.42 bits per heavy atom. The van der Waals surface area contributed by atoms with Gasteiger partial charge in [-0.05, 0) is 23.8 Å². The monoisotopic (exact) mass is 297 g/mol. The first-order valence-corrected chi connectivity index (χ1v) is 6.49. The lowest BCUT2D eigenvalue weighted by Crippen LogP contribution is -2.05. The van der Waals surface area contributed by atoms with Crippen molar-refractivity contribution in [3.05, 3.63) is 57.7 Å². The molecule has 0 aliphatic carbocycles. The van der Waals surface area contributed by atoms with Crippen molar-refractivity contribution >= 4 is 23.2 Å². The normalized spacial score (nSPS) is 12.2. The highest BCUT2D eigenvalue weighted by Crippen LogP contribution is 2.29. The van der Waals surface area contributed by atoms with Gasteiger partial charge in [-0.15, -0.1) is 0 Å². The second kappa shape index (κ2) is 6.24. The van der Waals surface area contributed by atoms with Crippen molar-refractivity contribution in [1.82, 2.24) is 4.98 Å². The predicted octanol–water partition coefficient (Wildman–Crippen LogP) is 3.67. The molecule has 19 heavy (non-hydrogen) atoms. The maximum Gasteiger partial charge on any atom is 0.213 e. The molecule has 3 nitrogen and oxygen atoms in total. The van der Waals surface area contributed by atoms with E-state index in [0.29, 0.717) is 33.6 Å². The summed E-state index contributed by atoms with van der Waals surface area (Å²) in [5, 5.41) is 11.3. The summed E-state index contributed by atoms with van der Waals surface area (Å²) in [6.45, 7) is 0. The summed E-state index contributed by atoms with van der Waals surface area (Å²) in [6, 6.07) is 10.5. The number of ether oxygens (including phenoxy) is 1. The number of rotatable bonds is 4. The lowest BCUT2D eigenvalue weighted by molar-refractivity contribution is 0.172. The molecule has 0 amide bonds. The molecule has 2 rings (SSSR count). The Bertz CT molecular complexity index is 555. The van der Waals surface area contributed by atoms with Crippen LogP contribution in [0.15, 0.2) is 36.4 Å². The molecule has 0 aliphatic rings. The summed E-state index contributed by atoms with van der Waals surface area (Å²) in [5.41, 5.74) is 1.23. The third-order valence-corrected chi connectivity index (χ3v) is 3.46. The van der Waals surface area contributed by atoms with E-state index in [-0.39, 0.29) is 0 Å². The van der Waals surface area contributed by atoms with E-state index in [1.165, 1.54) is 7.11 Å². The Morgan fingerprint density at radius 2 is 1.79 bits per heavy atom. The molecule has 1 N–H and O–H groups in total. The second-order valence-corrected chi connectivity index (χ2v) is 4.84. The predicted molar refractivity (Wildman–Crippen MR) is 75.9 cm³/mol. The maximum atomic E-state index is 10.2. The number of aliphatic hydroxyl groups excluding tert-OH is 1. The van der Waals surface area contributed by atoms with Gasteiger partial charge in [0.05, 0.1) is 12.8 Å². The van der Waals surface area contributed by atoms with Gasteiger partial charge in [-0.1, -0.05) is 35.3 Å². The van der Waals surface area contributed by atoms with E-state index in [1.54, 1.807) is 36.4 Å². The minimum atomic E-state index is -0.785. The first-order valence-electron chi connectivity index (χ1n) is 5.73.